The number of nitrogens with zero attached hydrogens (tertiary/aromatic N) is 3. The van der Waals surface area contributed by atoms with Gasteiger partial charge in [0.05, 0.1) is 32.6 Å². The molecule has 0 aromatic heterocycles. The Labute approximate surface area is 210 Å². The van der Waals surface area contributed by atoms with Gasteiger partial charge >= 0.3 is 6.03 Å². The molecule has 3 rings (SSSR count). The minimum atomic E-state index is -0.588. The average molecular weight is 501 g/mol. The van der Waals surface area contributed by atoms with Crippen LogP contribution in [0.2, 0.25) is 0 Å². The molecule has 0 unspecified atom stereocenters. The summed E-state index contributed by atoms with van der Waals surface area (Å²) in [5, 5.41) is 8.65. The molecule has 194 valence electrons. The zero-order valence-electron chi connectivity index (χ0n) is 21.3. The molecular weight excluding hydrogens is 467 g/mol. The summed E-state index contributed by atoms with van der Waals surface area (Å²) < 4.78 is 30.7. The van der Waals surface area contributed by atoms with Crippen molar-refractivity contribution >= 4 is 17.6 Å². The van der Waals surface area contributed by atoms with Crippen molar-refractivity contribution in [2.24, 2.45) is 5.10 Å². The Morgan fingerprint density at radius 3 is 2.56 bits per heavy atom. The fraction of sp³-hybridized carbons (Fsp3) is 0.423. The molecule has 0 fully saturated rings. The summed E-state index contributed by atoms with van der Waals surface area (Å²) in [5.41, 5.74) is 1.40. The normalized spacial score (nSPS) is 15.0. The number of carbonyl (C=O) groups is 2. The quantitative estimate of drug-likeness (QED) is 0.538. The summed E-state index contributed by atoms with van der Waals surface area (Å²) in [5.74, 6) is 0.263. The number of benzene rings is 2. The van der Waals surface area contributed by atoms with Crippen LogP contribution in [0, 0.1) is 5.82 Å². The minimum absolute atomic E-state index is 0.107. The van der Waals surface area contributed by atoms with Gasteiger partial charge in [0.1, 0.15) is 23.9 Å². The Kier molecular flexibility index (Phi) is 9.24. The van der Waals surface area contributed by atoms with E-state index in [9.17, 15) is 14.0 Å². The van der Waals surface area contributed by atoms with E-state index in [0.717, 1.165) is 0 Å². The number of ether oxygens (including phenoxy) is 3. The molecule has 2 aromatic rings. The van der Waals surface area contributed by atoms with Gasteiger partial charge in [-0.05, 0) is 38.1 Å². The molecule has 1 N–H and O–H groups in total. The molecule has 0 saturated carbocycles. The molecule has 1 heterocycles. The highest BCUT2D eigenvalue weighted by Gasteiger charge is 2.37. The molecule has 0 radical (unpaired) electrons. The van der Waals surface area contributed by atoms with E-state index < -0.39 is 17.8 Å². The van der Waals surface area contributed by atoms with Crippen LogP contribution in [-0.2, 0) is 9.53 Å². The van der Waals surface area contributed by atoms with Gasteiger partial charge in [0.2, 0.25) is 0 Å². The van der Waals surface area contributed by atoms with Crippen LogP contribution >= 0.6 is 0 Å². The van der Waals surface area contributed by atoms with Gasteiger partial charge in [-0.1, -0.05) is 18.2 Å². The van der Waals surface area contributed by atoms with E-state index in [0.29, 0.717) is 28.3 Å². The molecule has 36 heavy (non-hydrogen) atoms. The summed E-state index contributed by atoms with van der Waals surface area (Å²) in [7, 11) is 4.61. The van der Waals surface area contributed by atoms with Crippen LogP contribution in [-0.4, -0.2) is 74.6 Å². The van der Waals surface area contributed by atoms with Gasteiger partial charge in [0.25, 0.3) is 5.91 Å². The molecule has 0 spiro atoms. The monoisotopic (exact) mass is 500 g/mol. The summed E-state index contributed by atoms with van der Waals surface area (Å²) >= 11 is 0. The van der Waals surface area contributed by atoms with Crippen LogP contribution < -0.4 is 14.8 Å². The maximum Gasteiger partial charge on any atom is 0.318 e. The summed E-state index contributed by atoms with van der Waals surface area (Å²) in [6.07, 6.45) is 0.256. The second-order valence-electron chi connectivity index (χ2n) is 8.61. The smallest absolute Gasteiger partial charge is 0.318 e. The molecule has 1 atom stereocenters. The zero-order chi connectivity index (χ0) is 26.2. The van der Waals surface area contributed by atoms with E-state index in [2.05, 4.69) is 10.4 Å². The maximum absolute atomic E-state index is 14.6. The van der Waals surface area contributed by atoms with E-state index in [4.69, 9.17) is 14.2 Å². The number of hydrazone groups is 1. The highest BCUT2D eigenvalue weighted by molar-refractivity contribution is 6.03. The second-order valence-corrected chi connectivity index (χ2v) is 8.61. The molecule has 2 aromatic carbocycles. The van der Waals surface area contributed by atoms with Gasteiger partial charge in [-0.2, -0.15) is 5.10 Å². The summed E-state index contributed by atoms with van der Waals surface area (Å²) in [6.45, 7) is 3.91. The van der Waals surface area contributed by atoms with Crippen molar-refractivity contribution in [1.82, 2.24) is 15.2 Å². The number of carbonyl (C=O) groups excluding carboxylic acids is 2. The molecule has 0 saturated heterocycles. The number of methoxy groups -OCH3 is 3. The number of hydrogen-bond donors (Lipinski definition) is 1. The van der Waals surface area contributed by atoms with Crippen LogP contribution in [0.25, 0.3) is 0 Å². The van der Waals surface area contributed by atoms with Gasteiger partial charge in [0.15, 0.2) is 0 Å². The largest absolute Gasteiger partial charge is 0.497 e. The Bertz CT molecular complexity index is 1110. The van der Waals surface area contributed by atoms with Gasteiger partial charge in [-0.15, -0.1) is 0 Å². The maximum atomic E-state index is 14.6. The standard InChI is InChI=1S/C26H33FN4O5/c1-17(2)28-26(33)30(12-13-34-3)16-25(32)31-23(20-14-18(35-4)10-11-24(20)36-5)15-22(29-31)19-8-6-7-9-21(19)27/h6-11,14,17,23H,12-13,15-16H2,1-5H3,(H,28,33)/t23-/m1/s1. The molecule has 0 aliphatic carbocycles. The first kappa shape index (κ1) is 26.9. The van der Waals surface area contributed by atoms with Crippen molar-refractivity contribution < 1.29 is 28.2 Å². The van der Waals surface area contributed by atoms with Crippen molar-refractivity contribution in [3.63, 3.8) is 0 Å². The fourth-order valence-corrected chi connectivity index (χ4v) is 3.97. The summed E-state index contributed by atoms with van der Waals surface area (Å²) in [4.78, 5) is 27.7. The highest BCUT2D eigenvalue weighted by Crippen LogP contribution is 2.39. The van der Waals surface area contributed by atoms with Gasteiger partial charge in [-0.3, -0.25) is 4.79 Å². The minimum Gasteiger partial charge on any atom is -0.497 e. The van der Waals surface area contributed by atoms with Crippen LogP contribution in [0.1, 0.15) is 37.4 Å². The Balaban J connectivity index is 1.99. The molecule has 9 nitrogen and oxygen atoms in total. The third-order valence-electron chi connectivity index (χ3n) is 5.74. The Morgan fingerprint density at radius 1 is 1.17 bits per heavy atom. The number of halogens is 1. The van der Waals surface area contributed by atoms with Crippen molar-refractivity contribution in [3.8, 4) is 11.5 Å². The number of urea groups is 1. The average Bonchev–Trinajstić information content (AvgIpc) is 3.31. The predicted octanol–water partition coefficient (Wildman–Crippen LogP) is 3.59. The van der Waals surface area contributed by atoms with Gasteiger partial charge in [-0.25, -0.2) is 14.2 Å². The van der Waals surface area contributed by atoms with E-state index >= 15 is 0 Å². The zero-order valence-corrected chi connectivity index (χ0v) is 21.3. The first-order chi connectivity index (χ1) is 17.3. The first-order valence-electron chi connectivity index (χ1n) is 11.7. The third kappa shape index (κ3) is 6.31. The van der Waals surface area contributed by atoms with E-state index in [-0.39, 0.29) is 38.2 Å². The van der Waals surface area contributed by atoms with Crippen molar-refractivity contribution in [3.05, 3.63) is 59.4 Å². The molecule has 0 bridgehead atoms. The third-order valence-corrected chi connectivity index (χ3v) is 5.74. The predicted molar refractivity (Wildman–Crippen MR) is 134 cm³/mol. The molecule has 1 aliphatic heterocycles. The molecule has 1 aliphatic rings. The Hall–Kier alpha value is -3.66. The number of hydrogen-bond acceptors (Lipinski definition) is 6. The summed E-state index contributed by atoms with van der Waals surface area (Å²) in [6, 6.07) is 10.5. The van der Waals surface area contributed by atoms with Crippen molar-refractivity contribution in [2.75, 3.05) is 41.0 Å². The van der Waals surface area contributed by atoms with E-state index in [1.807, 2.05) is 13.8 Å². The van der Waals surface area contributed by atoms with Crippen molar-refractivity contribution in [1.29, 1.82) is 0 Å². The topological polar surface area (TPSA) is 92.7 Å². The Morgan fingerprint density at radius 2 is 1.92 bits per heavy atom. The van der Waals surface area contributed by atoms with Gasteiger partial charge in [0, 0.05) is 37.2 Å². The molecular formula is C26H33FN4O5. The highest BCUT2D eigenvalue weighted by atomic mass is 19.1. The first-order valence-corrected chi connectivity index (χ1v) is 11.7. The van der Waals surface area contributed by atoms with E-state index in [1.54, 1.807) is 43.5 Å². The van der Waals surface area contributed by atoms with Gasteiger partial charge < -0.3 is 24.4 Å². The lowest BCUT2D eigenvalue weighted by Gasteiger charge is -2.28. The second kappa shape index (κ2) is 12.3. The lowest BCUT2D eigenvalue weighted by atomic mass is 9.97. The molecule has 3 amide bonds. The SMILES string of the molecule is COCCN(CC(=O)N1N=C(c2ccccc2F)C[C@@H]1c1cc(OC)ccc1OC)C(=O)NC(C)C. The molecule has 10 heteroatoms. The number of nitrogens with one attached hydrogen (secondary N) is 1. The number of amides is 3. The van der Waals surface area contributed by atoms with Crippen molar-refractivity contribution in [2.45, 2.75) is 32.4 Å². The van der Waals surface area contributed by atoms with Crippen LogP contribution in [0.3, 0.4) is 0 Å². The van der Waals surface area contributed by atoms with Crippen LogP contribution in [0.4, 0.5) is 9.18 Å². The van der Waals surface area contributed by atoms with Crippen LogP contribution in [0.15, 0.2) is 47.6 Å². The van der Waals surface area contributed by atoms with E-state index in [1.165, 1.54) is 30.2 Å². The van der Waals surface area contributed by atoms with Crippen LogP contribution in [0.5, 0.6) is 11.5 Å². The fourth-order valence-electron chi connectivity index (χ4n) is 3.97. The number of rotatable bonds is 10. The lowest BCUT2D eigenvalue weighted by Crippen LogP contribution is -2.48. The lowest BCUT2D eigenvalue weighted by molar-refractivity contribution is -0.133.